The van der Waals surface area contributed by atoms with Crippen LogP contribution in [0, 0.1) is 0 Å². The average Bonchev–Trinajstić information content (AvgIpc) is 2.64. The van der Waals surface area contributed by atoms with Gasteiger partial charge in [0.25, 0.3) is 0 Å². The molecule has 0 spiro atoms. The molecule has 2 aromatic carbocycles. The van der Waals surface area contributed by atoms with Crippen LogP contribution in [0.2, 0.25) is 0 Å². The third kappa shape index (κ3) is 4.51. The molecule has 0 atom stereocenters. The Morgan fingerprint density at radius 2 is 1.62 bits per heavy atom. The van der Waals surface area contributed by atoms with Crippen molar-refractivity contribution in [1.29, 1.82) is 0 Å². The summed E-state index contributed by atoms with van der Waals surface area (Å²) in [5, 5.41) is 3.30. The first-order valence-corrected chi connectivity index (χ1v) is 9.09. The number of rotatable bonds is 5. The summed E-state index contributed by atoms with van der Waals surface area (Å²) in [7, 11) is 0. The number of benzene rings is 2. The number of nitrogens with one attached hydrogen (secondary N) is 1. The largest absolute Gasteiger partial charge is 0.385 e. The molecular formula is C19H22BrN3O. The summed E-state index contributed by atoms with van der Waals surface area (Å²) >= 11 is 3.42. The summed E-state index contributed by atoms with van der Waals surface area (Å²) in [5.74, 6) is 0.229. The number of halogens is 1. The number of nitrogens with zero attached hydrogens (tertiary/aromatic N) is 2. The lowest BCUT2D eigenvalue weighted by Crippen LogP contribution is -2.49. The van der Waals surface area contributed by atoms with Gasteiger partial charge in [0.1, 0.15) is 0 Å². The van der Waals surface area contributed by atoms with Crippen molar-refractivity contribution in [3.8, 4) is 0 Å². The summed E-state index contributed by atoms with van der Waals surface area (Å²) in [6.07, 6.45) is 0.529. The molecule has 0 unspecified atom stereocenters. The van der Waals surface area contributed by atoms with Gasteiger partial charge in [0, 0.05) is 55.0 Å². The minimum atomic E-state index is 0.229. The van der Waals surface area contributed by atoms with Crippen LogP contribution in [0.3, 0.4) is 0 Å². The first-order chi connectivity index (χ1) is 11.7. The maximum absolute atomic E-state index is 12.3. The lowest BCUT2D eigenvalue weighted by molar-refractivity contribution is -0.131. The Balaban J connectivity index is 1.41. The van der Waals surface area contributed by atoms with Crippen LogP contribution in [-0.4, -0.2) is 43.5 Å². The fraction of sp³-hybridized carbons (Fsp3) is 0.316. The van der Waals surface area contributed by atoms with E-state index in [0.717, 1.165) is 36.3 Å². The molecule has 1 heterocycles. The molecule has 4 nitrogen and oxygen atoms in total. The van der Waals surface area contributed by atoms with Crippen molar-refractivity contribution in [1.82, 2.24) is 4.90 Å². The highest BCUT2D eigenvalue weighted by atomic mass is 79.9. The molecule has 1 saturated heterocycles. The van der Waals surface area contributed by atoms with E-state index < -0.39 is 0 Å². The minimum Gasteiger partial charge on any atom is -0.385 e. The summed E-state index contributed by atoms with van der Waals surface area (Å²) in [6, 6.07) is 18.4. The van der Waals surface area contributed by atoms with Gasteiger partial charge in [-0.3, -0.25) is 4.79 Å². The van der Waals surface area contributed by atoms with E-state index in [0.29, 0.717) is 13.0 Å². The van der Waals surface area contributed by atoms with Gasteiger partial charge in [0.2, 0.25) is 5.91 Å². The zero-order valence-corrected chi connectivity index (χ0v) is 15.2. The van der Waals surface area contributed by atoms with E-state index in [9.17, 15) is 4.79 Å². The molecule has 2 aromatic rings. The van der Waals surface area contributed by atoms with Crippen LogP contribution >= 0.6 is 15.9 Å². The predicted molar refractivity (Wildman–Crippen MR) is 102 cm³/mol. The zero-order valence-electron chi connectivity index (χ0n) is 13.6. The number of hydrogen-bond acceptors (Lipinski definition) is 3. The van der Waals surface area contributed by atoms with Gasteiger partial charge < -0.3 is 15.1 Å². The number of hydrogen-bond donors (Lipinski definition) is 1. The fourth-order valence-corrected chi connectivity index (χ4v) is 3.16. The van der Waals surface area contributed by atoms with Gasteiger partial charge in [0.15, 0.2) is 0 Å². The summed E-state index contributed by atoms with van der Waals surface area (Å²) in [4.78, 5) is 16.7. The molecule has 1 aliphatic heterocycles. The SMILES string of the molecule is O=C(CCNc1ccc(Br)cc1)N1CCN(c2ccccc2)CC1. The molecule has 1 amide bonds. The minimum absolute atomic E-state index is 0.229. The van der Waals surface area contributed by atoms with Crippen molar-refractivity contribution in [2.75, 3.05) is 42.9 Å². The van der Waals surface area contributed by atoms with Gasteiger partial charge in [-0.25, -0.2) is 0 Å². The molecule has 5 heteroatoms. The first-order valence-electron chi connectivity index (χ1n) is 8.29. The van der Waals surface area contributed by atoms with Crippen molar-refractivity contribution in [3.63, 3.8) is 0 Å². The van der Waals surface area contributed by atoms with Crippen LogP contribution in [0.1, 0.15) is 6.42 Å². The number of anilines is 2. The van der Waals surface area contributed by atoms with Crippen molar-refractivity contribution >= 4 is 33.2 Å². The molecule has 1 fully saturated rings. The van der Waals surface area contributed by atoms with Crippen molar-refractivity contribution in [3.05, 3.63) is 59.1 Å². The van der Waals surface area contributed by atoms with Gasteiger partial charge in [-0.1, -0.05) is 34.1 Å². The molecule has 0 saturated carbocycles. The fourth-order valence-electron chi connectivity index (χ4n) is 2.89. The molecular weight excluding hydrogens is 366 g/mol. The second-order valence-corrected chi connectivity index (χ2v) is 6.80. The maximum atomic E-state index is 12.3. The van der Waals surface area contributed by atoms with Crippen molar-refractivity contribution in [2.45, 2.75) is 6.42 Å². The summed E-state index contributed by atoms with van der Waals surface area (Å²) in [5.41, 5.74) is 2.28. The second-order valence-electron chi connectivity index (χ2n) is 5.89. The van der Waals surface area contributed by atoms with Crippen LogP contribution in [0.5, 0.6) is 0 Å². The van der Waals surface area contributed by atoms with Crippen LogP contribution in [0.15, 0.2) is 59.1 Å². The molecule has 3 rings (SSSR count). The van der Waals surface area contributed by atoms with Gasteiger partial charge >= 0.3 is 0 Å². The van der Waals surface area contributed by atoms with Crippen molar-refractivity contribution in [2.24, 2.45) is 0 Å². The summed E-state index contributed by atoms with van der Waals surface area (Å²) in [6.45, 7) is 4.06. The van der Waals surface area contributed by atoms with E-state index >= 15 is 0 Å². The Bertz CT molecular complexity index is 652. The lowest BCUT2D eigenvalue weighted by Gasteiger charge is -2.36. The van der Waals surface area contributed by atoms with Gasteiger partial charge in [-0.15, -0.1) is 0 Å². The Labute approximate surface area is 151 Å². The van der Waals surface area contributed by atoms with Crippen LogP contribution in [0.4, 0.5) is 11.4 Å². The maximum Gasteiger partial charge on any atom is 0.224 e. The van der Waals surface area contributed by atoms with Crippen LogP contribution in [0.25, 0.3) is 0 Å². The molecule has 1 N–H and O–H groups in total. The van der Waals surface area contributed by atoms with E-state index in [1.807, 2.05) is 35.2 Å². The van der Waals surface area contributed by atoms with Crippen LogP contribution < -0.4 is 10.2 Å². The Morgan fingerprint density at radius 1 is 0.958 bits per heavy atom. The zero-order chi connectivity index (χ0) is 16.8. The standard InChI is InChI=1S/C19H22BrN3O/c20-16-6-8-17(9-7-16)21-11-10-19(24)23-14-12-22(13-15-23)18-4-2-1-3-5-18/h1-9,21H,10-15H2. The predicted octanol–water partition coefficient (Wildman–Crippen LogP) is 3.60. The summed E-state index contributed by atoms with van der Waals surface area (Å²) < 4.78 is 1.06. The van der Waals surface area contributed by atoms with Gasteiger partial charge in [0.05, 0.1) is 0 Å². The number of piperazine rings is 1. The molecule has 1 aliphatic rings. The second kappa shape index (κ2) is 8.20. The lowest BCUT2D eigenvalue weighted by atomic mass is 10.2. The highest BCUT2D eigenvalue weighted by Gasteiger charge is 2.20. The molecule has 0 radical (unpaired) electrons. The van der Waals surface area contributed by atoms with E-state index in [1.54, 1.807) is 0 Å². The molecule has 126 valence electrons. The van der Waals surface area contributed by atoms with E-state index in [-0.39, 0.29) is 5.91 Å². The first kappa shape index (κ1) is 16.8. The molecule has 0 bridgehead atoms. The van der Waals surface area contributed by atoms with Crippen molar-refractivity contribution < 1.29 is 4.79 Å². The topological polar surface area (TPSA) is 35.6 Å². The third-order valence-electron chi connectivity index (χ3n) is 4.27. The number of para-hydroxylation sites is 1. The number of carbonyl (C=O) groups excluding carboxylic acids is 1. The molecule has 0 aliphatic carbocycles. The smallest absolute Gasteiger partial charge is 0.224 e. The van der Waals surface area contributed by atoms with Gasteiger partial charge in [-0.2, -0.15) is 0 Å². The normalized spacial score (nSPS) is 14.5. The highest BCUT2D eigenvalue weighted by molar-refractivity contribution is 9.10. The Kier molecular flexibility index (Phi) is 5.75. The monoisotopic (exact) mass is 387 g/mol. The highest BCUT2D eigenvalue weighted by Crippen LogP contribution is 2.16. The van der Waals surface area contributed by atoms with E-state index in [2.05, 4.69) is 50.4 Å². The Hall–Kier alpha value is -2.01. The van der Waals surface area contributed by atoms with E-state index in [4.69, 9.17) is 0 Å². The molecule has 24 heavy (non-hydrogen) atoms. The Morgan fingerprint density at radius 3 is 2.29 bits per heavy atom. The average molecular weight is 388 g/mol. The third-order valence-corrected chi connectivity index (χ3v) is 4.79. The number of carbonyl (C=O) groups is 1. The van der Waals surface area contributed by atoms with Crippen LogP contribution in [-0.2, 0) is 4.79 Å². The molecule has 0 aromatic heterocycles. The van der Waals surface area contributed by atoms with Gasteiger partial charge in [-0.05, 0) is 36.4 Å². The van der Waals surface area contributed by atoms with E-state index in [1.165, 1.54) is 5.69 Å². The number of amides is 1. The quantitative estimate of drug-likeness (QED) is 0.850.